The highest BCUT2D eigenvalue weighted by Gasteiger charge is 2.35. The van der Waals surface area contributed by atoms with Gasteiger partial charge in [-0.15, -0.1) is 0 Å². The van der Waals surface area contributed by atoms with Crippen LogP contribution >= 0.6 is 0 Å². The van der Waals surface area contributed by atoms with E-state index in [0.29, 0.717) is 5.41 Å². The largest absolute Gasteiger partial charge is 0.385 e. The first kappa shape index (κ1) is 14.9. The van der Waals surface area contributed by atoms with Crippen LogP contribution in [0.1, 0.15) is 56.3 Å². The Kier molecular flexibility index (Phi) is 5.05. The third-order valence-corrected chi connectivity index (χ3v) is 4.51. The summed E-state index contributed by atoms with van der Waals surface area (Å²) in [6, 6.07) is 7.74. The molecule has 1 aliphatic carbocycles. The number of hydrogen-bond acceptors (Lipinski definition) is 2. The lowest BCUT2D eigenvalue weighted by Gasteiger charge is -2.41. The topological polar surface area (TPSA) is 41.1 Å². The fourth-order valence-electron chi connectivity index (χ4n) is 2.71. The first-order valence-electron chi connectivity index (χ1n) is 7.81. The van der Waals surface area contributed by atoms with Crippen molar-refractivity contribution in [2.24, 2.45) is 5.41 Å². The van der Waals surface area contributed by atoms with Crippen LogP contribution < -0.4 is 10.6 Å². The van der Waals surface area contributed by atoms with E-state index in [2.05, 4.69) is 24.5 Å². The van der Waals surface area contributed by atoms with Crippen LogP contribution in [0.25, 0.3) is 0 Å². The Bertz CT molecular complexity index is 429. The van der Waals surface area contributed by atoms with Crippen LogP contribution in [0.5, 0.6) is 0 Å². The molecule has 1 saturated carbocycles. The van der Waals surface area contributed by atoms with E-state index in [1.165, 1.54) is 19.3 Å². The number of rotatable bonds is 7. The summed E-state index contributed by atoms with van der Waals surface area (Å²) in [5, 5.41) is 6.41. The molecule has 2 rings (SSSR count). The van der Waals surface area contributed by atoms with Gasteiger partial charge in [0.1, 0.15) is 0 Å². The Balaban J connectivity index is 1.85. The molecule has 1 aromatic rings. The Hall–Kier alpha value is -1.51. The van der Waals surface area contributed by atoms with Gasteiger partial charge in [0.2, 0.25) is 0 Å². The van der Waals surface area contributed by atoms with Crippen LogP contribution in [0.4, 0.5) is 5.69 Å². The zero-order valence-electron chi connectivity index (χ0n) is 12.7. The van der Waals surface area contributed by atoms with Gasteiger partial charge in [0.15, 0.2) is 0 Å². The fraction of sp³-hybridized carbons (Fsp3) is 0.588. The summed E-state index contributed by atoms with van der Waals surface area (Å²) in [6.45, 7) is 6.14. The van der Waals surface area contributed by atoms with Crippen LogP contribution in [-0.2, 0) is 0 Å². The monoisotopic (exact) mass is 274 g/mol. The highest BCUT2D eigenvalue weighted by molar-refractivity contribution is 5.94. The van der Waals surface area contributed by atoms with Crippen molar-refractivity contribution in [3.8, 4) is 0 Å². The standard InChI is InChI=1S/C17H26N2O/c1-3-12-18-15-8-6-14(7-9-15)16(20)19-13-17(4-2)10-5-11-17/h6-9,18H,3-5,10-13H2,1-2H3,(H,19,20). The lowest BCUT2D eigenvalue weighted by Crippen LogP contribution is -2.41. The molecule has 1 amide bonds. The van der Waals surface area contributed by atoms with Gasteiger partial charge in [-0.1, -0.05) is 20.3 Å². The summed E-state index contributed by atoms with van der Waals surface area (Å²) in [7, 11) is 0. The van der Waals surface area contributed by atoms with Crippen LogP contribution in [0.2, 0.25) is 0 Å². The van der Waals surface area contributed by atoms with Crippen molar-refractivity contribution < 1.29 is 4.79 Å². The highest BCUT2D eigenvalue weighted by Crippen LogP contribution is 2.43. The Morgan fingerprint density at radius 2 is 1.90 bits per heavy atom. The van der Waals surface area contributed by atoms with E-state index >= 15 is 0 Å². The minimum absolute atomic E-state index is 0.0479. The Morgan fingerprint density at radius 1 is 1.20 bits per heavy atom. The number of anilines is 1. The number of benzene rings is 1. The van der Waals surface area contributed by atoms with Gasteiger partial charge in [-0.25, -0.2) is 0 Å². The average Bonchev–Trinajstić information content (AvgIpc) is 2.45. The van der Waals surface area contributed by atoms with E-state index in [9.17, 15) is 4.79 Å². The molecular formula is C17H26N2O. The van der Waals surface area contributed by atoms with Gasteiger partial charge in [-0.2, -0.15) is 0 Å². The van der Waals surface area contributed by atoms with Crippen molar-refractivity contribution in [2.75, 3.05) is 18.4 Å². The summed E-state index contributed by atoms with van der Waals surface area (Å²) >= 11 is 0. The number of nitrogens with one attached hydrogen (secondary N) is 2. The van der Waals surface area contributed by atoms with E-state index < -0.39 is 0 Å². The smallest absolute Gasteiger partial charge is 0.251 e. The second-order valence-electron chi connectivity index (χ2n) is 5.89. The molecule has 0 heterocycles. The third kappa shape index (κ3) is 3.53. The molecule has 0 saturated heterocycles. The number of hydrogen-bond donors (Lipinski definition) is 2. The SMILES string of the molecule is CCCNc1ccc(C(=O)NCC2(CC)CCC2)cc1. The van der Waals surface area contributed by atoms with Crippen molar-refractivity contribution >= 4 is 11.6 Å². The molecule has 1 aliphatic rings. The first-order chi connectivity index (χ1) is 9.69. The molecule has 0 atom stereocenters. The van der Waals surface area contributed by atoms with Crippen LogP contribution in [0.3, 0.4) is 0 Å². The summed E-state index contributed by atoms with van der Waals surface area (Å²) < 4.78 is 0. The molecule has 0 aromatic heterocycles. The van der Waals surface area contributed by atoms with Gasteiger partial charge in [0.05, 0.1) is 0 Å². The third-order valence-electron chi connectivity index (χ3n) is 4.51. The highest BCUT2D eigenvalue weighted by atomic mass is 16.1. The second kappa shape index (κ2) is 6.78. The number of carbonyl (C=O) groups is 1. The van der Waals surface area contributed by atoms with E-state index in [1.54, 1.807) is 0 Å². The molecule has 0 bridgehead atoms. The van der Waals surface area contributed by atoms with Gasteiger partial charge in [0, 0.05) is 24.3 Å². The Morgan fingerprint density at radius 3 is 2.40 bits per heavy atom. The molecule has 0 spiro atoms. The van der Waals surface area contributed by atoms with Crippen molar-refractivity contribution in [3.05, 3.63) is 29.8 Å². The minimum atomic E-state index is 0.0479. The molecule has 0 radical (unpaired) electrons. The average molecular weight is 274 g/mol. The molecule has 0 aliphatic heterocycles. The lowest BCUT2D eigenvalue weighted by atomic mass is 9.67. The molecule has 110 valence electrons. The van der Waals surface area contributed by atoms with Gasteiger partial charge >= 0.3 is 0 Å². The zero-order valence-corrected chi connectivity index (χ0v) is 12.7. The second-order valence-corrected chi connectivity index (χ2v) is 5.89. The maximum Gasteiger partial charge on any atom is 0.251 e. The van der Waals surface area contributed by atoms with Crippen molar-refractivity contribution in [3.63, 3.8) is 0 Å². The Labute approximate surface area is 122 Å². The van der Waals surface area contributed by atoms with E-state index in [-0.39, 0.29) is 5.91 Å². The van der Waals surface area contributed by atoms with Crippen LogP contribution in [0.15, 0.2) is 24.3 Å². The van der Waals surface area contributed by atoms with Crippen molar-refractivity contribution in [2.45, 2.75) is 46.0 Å². The molecule has 3 nitrogen and oxygen atoms in total. The van der Waals surface area contributed by atoms with Crippen LogP contribution in [0, 0.1) is 5.41 Å². The molecule has 2 N–H and O–H groups in total. The molecular weight excluding hydrogens is 248 g/mol. The van der Waals surface area contributed by atoms with Crippen molar-refractivity contribution in [1.29, 1.82) is 0 Å². The normalized spacial score (nSPS) is 16.3. The van der Waals surface area contributed by atoms with E-state index in [0.717, 1.165) is 37.2 Å². The molecule has 1 fully saturated rings. The van der Waals surface area contributed by atoms with Gasteiger partial charge in [0.25, 0.3) is 5.91 Å². The van der Waals surface area contributed by atoms with Gasteiger partial charge < -0.3 is 10.6 Å². The fourth-order valence-corrected chi connectivity index (χ4v) is 2.71. The maximum absolute atomic E-state index is 12.1. The molecule has 3 heteroatoms. The molecule has 0 unspecified atom stereocenters. The predicted octanol–water partition coefficient (Wildman–Crippen LogP) is 3.82. The van der Waals surface area contributed by atoms with E-state index in [1.807, 2.05) is 24.3 Å². The van der Waals surface area contributed by atoms with Crippen molar-refractivity contribution in [1.82, 2.24) is 5.32 Å². The zero-order chi connectivity index (χ0) is 14.4. The van der Waals surface area contributed by atoms with Gasteiger partial charge in [-0.05, 0) is 55.4 Å². The first-order valence-corrected chi connectivity index (χ1v) is 7.81. The summed E-state index contributed by atoms with van der Waals surface area (Å²) in [5.74, 6) is 0.0479. The maximum atomic E-state index is 12.1. The quantitative estimate of drug-likeness (QED) is 0.793. The number of carbonyl (C=O) groups excluding carboxylic acids is 1. The van der Waals surface area contributed by atoms with Gasteiger partial charge in [-0.3, -0.25) is 4.79 Å². The van der Waals surface area contributed by atoms with E-state index in [4.69, 9.17) is 0 Å². The summed E-state index contributed by atoms with van der Waals surface area (Å²) in [6.07, 6.45) is 6.07. The molecule has 20 heavy (non-hydrogen) atoms. The predicted molar refractivity (Wildman–Crippen MR) is 84.1 cm³/mol. The van der Waals surface area contributed by atoms with Crippen LogP contribution in [-0.4, -0.2) is 19.0 Å². The molecule has 1 aromatic carbocycles. The summed E-state index contributed by atoms with van der Waals surface area (Å²) in [4.78, 5) is 12.1. The number of amides is 1. The lowest BCUT2D eigenvalue weighted by molar-refractivity contribution is 0.0850. The summed E-state index contributed by atoms with van der Waals surface area (Å²) in [5.41, 5.74) is 2.20. The minimum Gasteiger partial charge on any atom is -0.385 e.